The number of halogens is 1. The van der Waals surface area contributed by atoms with Crippen LogP contribution >= 0.6 is 23.1 Å². The number of piperidine rings is 1. The fourth-order valence-corrected chi connectivity index (χ4v) is 6.85. The SMILES string of the molecule is N#Cc1c(Cl)nsc1N1C2CC3C4CC(C3C2O)C1C4O. The summed E-state index contributed by atoms with van der Waals surface area (Å²) in [6.45, 7) is 0. The molecule has 3 aliphatic carbocycles. The largest absolute Gasteiger partial charge is 0.391 e. The standard InChI is InChI=1S/C14H14ClN3O2S/c15-13-7(3-16)14(21-17-13)18-8-2-4-5-1-6(9(4)12(8)20)10(18)11(5)19/h4-6,8-12,19-20H,1-2H2. The van der Waals surface area contributed by atoms with Gasteiger partial charge in [-0.15, -0.1) is 0 Å². The molecule has 5 nitrogen and oxygen atoms in total. The van der Waals surface area contributed by atoms with Crippen molar-refractivity contribution in [3.8, 4) is 6.07 Å². The van der Waals surface area contributed by atoms with Crippen LogP contribution in [0.5, 0.6) is 0 Å². The van der Waals surface area contributed by atoms with Crippen LogP contribution in [-0.2, 0) is 0 Å². The Balaban J connectivity index is 1.68. The van der Waals surface area contributed by atoms with Gasteiger partial charge in [0.05, 0.1) is 24.3 Å². The summed E-state index contributed by atoms with van der Waals surface area (Å²) in [6.07, 6.45) is 1.18. The third kappa shape index (κ3) is 1.28. The molecule has 0 radical (unpaired) electrons. The Labute approximate surface area is 130 Å². The average Bonchev–Trinajstić information content (AvgIpc) is 3.12. The number of nitrogens with zero attached hydrogens (tertiary/aromatic N) is 3. The topological polar surface area (TPSA) is 80.4 Å². The zero-order valence-electron chi connectivity index (χ0n) is 11.1. The van der Waals surface area contributed by atoms with E-state index >= 15 is 0 Å². The van der Waals surface area contributed by atoms with E-state index in [0.717, 1.165) is 17.8 Å². The normalized spacial score (nSPS) is 49.1. The molecule has 3 saturated carbocycles. The van der Waals surface area contributed by atoms with Gasteiger partial charge in [-0.2, -0.15) is 9.64 Å². The lowest BCUT2D eigenvalue weighted by Crippen LogP contribution is -2.61. The van der Waals surface area contributed by atoms with Crippen LogP contribution in [0.3, 0.4) is 0 Å². The van der Waals surface area contributed by atoms with Crippen molar-refractivity contribution in [2.75, 3.05) is 4.90 Å². The first kappa shape index (κ1) is 12.7. The summed E-state index contributed by atoms with van der Waals surface area (Å²) >= 11 is 7.22. The van der Waals surface area contributed by atoms with Crippen molar-refractivity contribution >= 4 is 28.1 Å². The zero-order chi connectivity index (χ0) is 14.5. The summed E-state index contributed by atoms with van der Waals surface area (Å²) in [4.78, 5) is 2.09. The van der Waals surface area contributed by atoms with E-state index in [1.807, 2.05) is 0 Å². The summed E-state index contributed by atoms with van der Waals surface area (Å²) in [6, 6.07) is 2.13. The second kappa shape index (κ2) is 3.90. The Kier molecular flexibility index (Phi) is 2.35. The third-order valence-electron chi connectivity index (χ3n) is 6.27. The molecule has 1 aromatic heterocycles. The maximum Gasteiger partial charge on any atom is 0.162 e. The number of nitriles is 1. The van der Waals surface area contributed by atoms with Gasteiger partial charge in [-0.05, 0) is 48.0 Å². The molecular weight excluding hydrogens is 310 g/mol. The number of aliphatic hydroxyl groups excluding tert-OH is 2. The van der Waals surface area contributed by atoms with E-state index in [-0.39, 0.29) is 29.4 Å². The van der Waals surface area contributed by atoms with Gasteiger partial charge in [-0.1, -0.05) is 11.6 Å². The van der Waals surface area contributed by atoms with Gasteiger partial charge in [-0.3, -0.25) is 0 Å². The highest BCUT2D eigenvalue weighted by atomic mass is 35.5. The molecule has 1 aromatic rings. The van der Waals surface area contributed by atoms with Crippen molar-refractivity contribution in [3.05, 3.63) is 10.7 Å². The van der Waals surface area contributed by atoms with Crippen molar-refractivity contribution in [2.24, 2.45) is 23.7 Å². The molecule has 0 aromatic carbocycles. The predicted octanol–water partition coefficient (Wildman–Crippen LogP) is 1.23. The Hall–Kier alpha value is -0.870. The first-order chi connectivity index (χ1) is 10.1. The van der Waals surface area contributed by atoms with Crippen LogP contribution in [0.4, 0.5) is 5.00 Å². The molecular formula is C14H14ClN3O2S. The summed E-state index contributed by atoms with van der Waals surface area (Å²) in [5, 5.41) is 31.6. The van der Waals surface area contributed by atoms with Crippen molar-refractivity contribution < 1.29 is 10.2 Å². The second-order valence-corrected chi connectivity index (χ2v) is 7.86. The van der Waals surface area contributed by atoms with Crippen LogP contribution in [0.25, 0.3) is 0 Å². The van der Waals surface area contributed by atoms with Crippen LogP contribution in [0, 0.1) is 35.0 Å². The molecule has 5 rings (SSSR count). The minimum Gasteiger partial charge on any atom is -0.391 e. The van der Waals surface area contributed by atoms with E-state index in [1.54, 1.807) is 0 Å². The van der Waals surface area contributed by atoms with E-state index in [9.17, 15) is 15.5 Å². The van der Waals surface area contributed by atoms with Gasteiger partial charge in [0.15, 0.2) is 5.15 Å². The molecule has 110 valence electrons. The van der Waals surface area contributed by atoms with Gasteiger partial charge in [0, 0.05) is 0 Å². The summed E-state index contributed by atoms with van der Waals surface area (Å²) in [5.41, 5.74) is 0.382. The summed E-state index contributed by atoms with van der Waals surface area (Å²) in [5.74, 6) is 1.40. The molecule has 21 heavy (non-hydrogen) atoms. The van der Waals surface area contributed by atoms with Crippen molar-refractivity contribution in [3.63, 3.8) is 0 Å². The quantitative estimate of drug-likeness (QED) is 0.812. The molecule has 2 N–H and O–H groups in total. The first-order valence-corrected chi connectivity index (χ1v) is 8.48. The summed E-state index contributed by atoms with van der Waals surface area (Å²) < 4.78 is 4.10. The molecule has 4 fully saturated rings. The predicted molar refractivity (Wildman–Crippen MR) is 77.1 cm³/mol. The van der Waals surface area contributed by atoms with Gasteiger partial charge < -0.3 is 15.1 Å². The van der Waals surface area contributed by atoms with Crippen LogP contribution < -0.4 is 4.90 Å². The highest BCUT2D eigenvalue weighted by Gasteiger charge is 2.70. The van der Waals surface area contributed by atoms with Crippen LogP contribution in [-0.4, -0.2) is 38.9 Å². The molecule has 1 aliphatic heterocycles. The molecule has 4 bridgehead atoms. The number of anilines is 1. The smallest absolute Gasteiger partial charge is 0.162 e. The van der Waals surface area contributed by atoms with E-state index in [4.69, 9.17) is 11.6 Å². The Morgan fingerprint density at radius 3 is 2.81 bits per heavy atom. The van der Waals surface area contributed by atoms with Gasteiger partial charge in [0.1, 0.15) is 16.6 Å². The average molecular weight is 324 g/mol. The minimum absolute atomic E-state index is 0.00943. The number of aromatic nitrogens is 1. The van der Waals surface area contributed by atoms with Gasteiger partial charge in [0.25, 0.3) is 0 Å². The molecule has 1 saturated heterocycles. The fraction of sp³-hybridized carbons (Fsp3) is 0.714. The molecule has 4 aliphatic rings. The van der Waals surface area contributed by atoms with E-state index in [0.29, 0.717) is 29.2 Å². The minimum atomic E-state index is -0.360. The summed E-state index contributed by atoms with van der Waals surface area (Å²) in [7, 11) is 0. The number of aliphatic hydroxyl groups is 2. The Morgan fingerprint density at radius 1 is 1.24 bits per heavy atom. The maximum atomic E-state index is 10.7. The van der Waals surface area contributed by atoms with E-state index in [2.05, 4.69) is 15.3 Å². The van der Waals surface area contributed by atoms with E-state index in [1.165, 1.54) is 11.5 Å². The highest BCUT2D eigenvalue weighted by molar-refractivity contribution is 7.10. The van der Waals surface area contributed by atoms with Crippen molar-refractivity contribution in [2.45, 2.75) is 37.1 Å². The second-order valence-electron chi connectivity index (χ2n) is 6.75. The molecule has 0 amide bonds. The van der Waals surface area contributed by atoms with Crippen LogP contribution in [0.15, 0.2) is 0 Å². The van der Waals surface area contributed by atoms with Crippen molar-refractivity contribution in [1.29, 1.82) is 5.26 Å². The molecule has 2 heterocycles. The lowest BCUT2D eigenvalue weighted by Gasteiger charge is -2.48. The monoisotopic (exact) mass is 323 g/mol. The maximum absolute atomic E-state index is 10.7. The Morgan fingerprint density at radius 2 is 2.05 bits per heavy atom. The highest BCUT2D eigenvalue weighted by Crippen LogP contribution is 2.65. The number of rotatable bonds is 1. The molecule has 0 spiro atoms. The van der Waals surface area contributed by atoms with E-state index < -0.39 is 0 Å². The van der Waals surface area contributed by atoms with Gasteiger partial charge >= 0.3 is 0 Å². The lowest BCUT2D eigenvalue weighted by molar-refractivity contribution is -0.0120. The van der Waals surface area contributed by atoms with Crippen LogP contribution in [0.2, 0.25) is 5.15 Å². The molecule has 8 unspecified atom stereocenters. The van der Waals surface area contributed by atoms with Crippen molar-refractivity contribution in [1.82, 2.24) is 4.37 Å². The first-order valence-electron chi connectivity index (χ1n) is 7.33. The number of fused-ring (bicyclic) bond motifs is 3. The Bertz CT molecular complexity index is 674. The lowest BCUT2D eigenvalue weighted by atomic mass is 9.75. The van der Waals surface area contributed by atoms with Gasteiger partial charge in [-0.25, -0.2) is 0 Å². The third-order valence-corrected chi connectivity index (χ3v) is 7.51. The number of hydrogen-bond donors (Lipinski definition) is 2. The zero-order valence-corrected chi connectivity index (χ0v) is 12.6. The molecule has 8 atom stereocenters. The number of hydrogen-bond acceptors (Lipinski definition) is 6. The molecule has 7 heteroatoms. The van der Waals surface area contributed by atoms with Gasteiger partial charge in [0.2, 0.25) is 0 Å². The van der Waals surface area contributed by atoms with Crippen LogP contribution in [0.1, 0.15) is 18.4 Å². The fourth-order valence-electron chi connectivity index (χ4n) is 5.72.